The summed E-state index contributed by atoms with van der Waals surface area (Å²) < 4.78 is 28.3. The number of rotatable bonds is 15. The molecule has 0 atom stereocenters. The molecule has 0 aliphatic rings. The van der Waals surface area contributed by atoms with E-state index >= 15 is 0 Å². The molecular formula is C21H34O7Si. The molecule has 1 rings (SSSR count). The van der Waals surface area contributed by atoms with Gasteiger partial charge in [-0.15, -0.1) is 0 Å². The molecule has 0 unspecified atom stereocenters. The van der Waals surface area contributed by atoms with Crippen LogP contribution in [0.4, 0.5) is 0 Å². The van der Waals surface area contributed by atoms with Crippen molar-refractivity contribution in [2.24, 2.45) is 0 Å². The molecule has 7 nitrogen and oxygen atoms in total. The first-order chi connectivity index (χ1) is 13.8. The lowest BCUT2D eigenvalue weighted by molar-refractivity contribution is 0.0488. The van der Waals surface area contributed by atoms with Crippen molar-refractivity contribution in [1.82, 2.24) is 0 Å². The van der Waals surface area contributed by atoms with E-state index < -0.39 is 14.4 Å². The van der Waals surface area contributed by atoms with E-state index in [9.17, 15) is 9.90 Å². The summed E-state index contributed by atoms with van der Waals surface area (Å²) >= 11 is 0. The molecule has 1 aromatic rings. The summed E-state index contributed by atoms with van der Waals surface area (Å²) in [5.41, 5.74) is -0.973. The van der Waals surface area contributed by atoms with Gasteiger partial charge in [0.05, 0.1) is 6.61 Å². The van der Waals surface area contributed by atoms with Crippen molar-refractivity contribution in [3.05, 3.63) is 42.4 Å². The lowest BCUT2D eigenvalue weighted by Gasteiger charge is -2.28. The number of ether oxygens (including phenoxy) is 2. The van der Waals surface area contributed by atoms with Crippen molar-refractivity contribution >= 4 is 14.6 Å². The highest BCUT2D eigenvalue weighted by Crippen LogP contribution is 2.19. The zero-order valence-electron chi connectivity index (χ0n) is 18.1. The Morgan fingerprint density at radius 1 is 1.00 bits per heavy atom. The van der Waals surface area contributed by atoms with Crippen molar-refractivity contribution in [3.63, 3.8) is 0 Å². The van der Waals surface area contributed by atoms with Crippen LogP contribution < -0.4 is 4.74 Å². The Balaban J connectivity index is 2.40. The molecule has 0 aliphatic heterocycles. The van der Waals surface area contributed by atoms with E-state index in [2.05, 4.69) is 0 Å². The fourth-order valence-electron chi connectivity index (χ4n) is 2.63. The second-order valence-electron chi connectivity index (χ2n) is 6.76. The van der Waals surface area contributed by atoms with Gasteiger partial charge < -0.3 is 27.9 Å². The number of ketones is 1. The summed E-state index contributed by atoms with van der Waals surface area (Å²) in [7, 11) is -2.63. The highest BCUT2D eigenvalue weighted by Gasteiger charge is 2.39. The van der Waals surface area contributed by atoms with E-state index in [-0.39, 0.29) is 5.78 Å². The molecule has 0 bridgehead atoms. The maximum Gasteiger partial charge on any atom is 0.501 e. The molecule has 1 N–H and O–H groups in total. The maximum absolute atomic E-state index is 12.0. The van der Waals surface area contributed by atoms with Crippen molar-refractivity contribution < 1.29 is 32.7 Å². The lowest BCUT2D eigenvalue weighted by Crippen LogP contribution is -2.46. The number of carbonyl (C=O) groups is 1. The summed E-state index contributed by atoms with van der Waals surface area (Å²) in [6.07, 6.45) is 3.65. The van der Waals surface area contributed by atoms with Crippen LogP contribution in [0.1, 0.15) is 51.4 Å². The standard InChI is InChI=1S/C21H34O7Si/c1-6-26-29(27-7-2,28-8-3)17-9-14-24-15-16-25-19-12-10-18(11-13-19)20(22)21(4,5)23/h10-13,15-16,23H,6-9,14,17H2,1-5H3/b16-15+. The lowest BCUT2D eigenvalue weighted by atomic mass is 9.97. The van der Waals surface area contributed by atoms with Crippen LogP contribution in [0.25, 0.3) is 0 Å². The van der Waals surface area contributed by atoms with Crippen LogP contribution >= 0.6 is 0 Å². The number of hydrogen-bond donors (Lipinski definition) is 1. The number of carbonyl (C=O) groups excluding carboxylic acids is 1. The second kappa shape index (κ2) is 12.8. The fourth-order valence-corrected chi connectivity index (χ4v) is 5.20. The van der Waals surface area contributed by atoms with Crippen LogP contribution in [0.2, 0.25) is 6.04 Å². The Kier molecular flexibility index (Phi) is 11.1. The Labute approximate surface area is 174 Å². The minimum absolute atomic E-state index is 0.339. The quantitative estimate of drug-likeness (QED) is 0.197. The molecule has 0 saturated heterocycles. The summed E-state index contributed by atoms with van der Waals surface area (Å²) in [5, 5.41) is 9.76. The Bertz CT molecular complexity index is 606. The largest absolute Gasteiger partial charge is 0.501 e. The smallest absolute Gasteiger partial charge is 0.498 e. The first-order valence-corrected chi connectivity index (χ1v) is 11.9. The SMILES string of the molecule is CCO[Si](CCCO/C=C/Oc1ccc(C(=O)C(C)(C)O)cc1)(OCC)OCC. The second-order valence-corrected chi connectivity index (χ2v) is 9.49. The zero-order chi connectivity index (χ0) is 21.8. The average molecular weight is 427 g/mol. The molecule has 0 saturated carbocycles. The van der Waals surface area contributed by atoms with Gasteiger partial charge in [0.1, 0.15) is 23.9 Å². The van der Waals surface area contributed by atoms with Crippen molar-refractivity contribution in [2.75, 3.05) is 26.4 Å². The Morgan fingerprint density at radius 3 is 2.03 bits per heavy atom. The first kappa shape index (κ1) is 25.3. The first-order valence-electron chi connectivity index (χ1n) is 10.00. The molecule has 0 fully saturated rings. The third kappa shape index (κ3) is 9.10. The molecular weight excluding hydrogens is 392 g/mol. The van der Waals surface area contributed by atoms with Crippen molar-refractivity contribution in [2.45, 2.75) is 52.7 Å². The van der Waals surface area contributed by atoms with E-state index in [1.165, 1.54) is 26.4 Å². The Morgan fingerprint density at radius 2 is 1.55 bits per heavy atom. The average Bonchev–Trinajstić information content (AvgIpc) is 2.67. The molecule has 0 aliphatic carbocycles. The maximum atomic E-state index is 12.0. The molecule has 0 spiro atoms. The Hall–Kier alpha value is -1.71. The van der Waals surface area contributed by atoms with E-state index in [1.807, 2.05) is 20.8 Å². The predicted molar refractivity (Wildman–Crippen MR) is 113 cm³/mol. The monoisotopic (exact) mass is 426 g/mol. The normalized spacial score (nSPS) is 12.3. The topological polar surface area (TPSA) is 83.5 Å². The van der Waals surface area contributed by atoms with Gasteiger partial charge in [-0.25, -0.2) is 0 Å². The van der Waals surface area contributed by atoms with E-state index in [1.54, 1.807) is 24.3 Å². The van der Waals surface area contributed by atoms with E-state index in [0.29, 0.717) is 43.8 Å². The van der Waals surface area contributed by atoms with Crippen LogP contribution in [0, 0.1) is 0 Å². The van der Waals surface area contributed by atoms with Gasteiger partial charge in [0, 0.05) is 31.4 Å². The van der Waals surface area contributed by atoms with Crippen LogP contribution in [0.3, 0.4) is 0 Å². The van der Waals surface area contributed by atoms with E-state index in [4.69, 9.17) is 22.8 Å². The highest BCUT2D eigenvalue weighted by molar-refractivity contribution is 6.60. The molecule has 0 heterocycles. The van der Waals surface area contributed by atoms with Gasteiger partial charge in [0.25, 0.3) is 0 Å². The number of aliphatic hydroxyl groups is 1. The van der Waals surface area contributed by atoms with Gasteiger partial charge in [0.2, 0.25) is 0 Å². The van der Waals surface area contributed by atoms with Crippen LogP contribution in [-0.2, 0) is 18.0 Å². The van der Waals surface area contributed by atoms with Gasteiger partial charge in [-0.3, -0.25) is 4.79 Å². The van der Waals surface area contributed by atoms with Crippen molar-refractivity contribution in [3.8, 4) is 5.75 Å². The number of hydrogen-bond acceptors (Lipinski definition) is 7. The minimum Gasteiger partial charge on any atom is -0.498 e. The molecule has 1 aromatic carbocycles. The van der Waals surface area contributed by atoms with Crippen LogP contribution in [-0.4, -0.2) is 51.7 Å². The molecule has 0 radical (unpaired) electrons. The molecule has 29 heavy (non-hydrogen) atoms. The fraction of sp³-hybridized carbons (Fsp3) is 0.571. The molecule has 164 valence electrons. The number of Topliss-reactive ketones (excluding diaryl/α,β-unsaturated/α-hetero) is 1. The number of benzene rings is 1. The third-order valence-corrected chi connectivity index (χ3v) is 7.02. The summed E-state index contributed by atoms with van der Waals surface area (Å²) in [5.74, 6) is 0.223. The minimum atomic E-state index is -2.63. The molecule has 0 aromatic heterocycles. The van der Waals surface area contributed by atoms with Crippen LogP contribution in [0.5, 0.6) is 5.75 Å². The summed E-state index contributed by atoms with van der Waals surface area (Å²) in [6.45, 7) is 10.9. The molecule has 0 amide bonds. The van der Waals surface area contributed by atoms with Gasteiger partial charge >= 0.3 is 8.80 Å². The zero-order valence-corrected chi connectivity index (χ0v) is 19.1. The third-order valence-electron chi connectivity index (χ3n) is 3.87. The highest BCUT2D eigenvalue weighted by atomic mass is 28.4. The molecule has 8 heteroatoms. The van der Waals surface area contributed by atoms with Crippen molar-refractivity contribution in [1.29, 1.82) is 0 Å². The van der Waals surface area contributed by atoms with Gasteiger partial charge in [-0.05, 0) is 65.3 Å². The van der Waals surface area contributed by atoms with E-state index in [0.717, 1.165) is 6.42 Å². The summed E-state index contributed by atoms with van der Waals surface area (Å²) in [4.78, 5) is 12.0. The van der Waals surface area contributed by atoms with Gasteiger partial charge in [-0.1, -0.05) is 0 Å². The summed E-state index contributed by atoms with van der Waals surface area (Å²) in [6, 6.07) is 7.24. The van der Waals surface area contributed by atoms with Crippen LogP contribution in [0.15, 0.2) is 36.8 Å². The van der Waals surface area contributed by atoms with Gasteiger partial charge in [0.15, 0.2) is 5.78 Å². The van der Waals surface area contributed by atoms with Gasteiger partial charge in [-0.2, -0.15) is 0 Å². The predicted octanol–water partition coefficient (Wildman–Crippen LogP) is 3.95.